The number of carbonyl (C=O) groups excluding carboxylic acids is 1. The number of allylic oxidation sites excluding steroid dienone is 1. The van der Waals surface area contributed by atoms with Gasteiger partial charge in [0.05, 0.1) is 20.5 Å². The van der Waals surface area contributed by atoms with Crippen LogP contribution in [0.1, 0.15) is 39.2 Å². The smallest absolute Gasteiger partial charge is 0.246 e. The van der Waals surface area contributed by atoms with Crippen molar-refractivity contribution in [1.29, 1.82) is 0 Å². The molecule has 2 aromatic carbocycles. The third-order valence-electron chi connectivity index (χ3n) is 5.34. The lowest BCUT2D eigenvalue weighted by atomic mass is 9.99. The Balaban J connectivity index is 2.06. The number of ether oxygens (including phenoxy) is 2. The lowest BCUT2D eigenvalue weighted by Crippen LogP contribution is -2.31. The molecule has 0 aliphatic rings. The zero-order valence-electron chi connectivity index (χ0n) is 19.0. The van der Waals surface area contributed by atoms with Gasteiger partial charge in [-0.2, -0.15) is 0 Å². The number of hydrogen-bond acceptors (Lipinski definition) is 4. The maximum absolute atomic E-state index is 12.9. The lowest BCUT2D eigenvalue weighted by molar-refractivity contribution is -0.126. The molecule has 3 rings (SSSR count). The van der Waals surface area contributed by atoms with Gasteiger partial charge < -0.3 is 18.8 Å². The maximum Gasteiger partial charge on any atom is 0.246 e. The average Bonchev–Trinajstić information content (AvgIpc) is 3.20. The fourth-order valence-corrected chi connectivity index (χ4v) is 3.77. The molecule has 164 valence electrons. The highest BCUT2D eigenvalue weighted by molar-refractivity contribution is 6.00. The molecular formula is C26H31NO4. The van der Waals surface area contributed by atoms with Crippen molar-refractivity contribution in [3.05, 3.63) is 54.3 Å². The molecule has 3 aromatic rings. The van der Waals surface area contributed by atoms with Crippen LogP contribution in [0, 0.1) is 0 Å². The molecule has 1 heterocycles. The number of fused-ring (bicyclic) bond motifs is 1. The molecule has 0 radical (unpaired) electrons. The van der Waals surface area contributed by atoms with Crippen molar-refractivity contribution in [2.75, 3.05) is 27.3 Å². The Morgan fingerprint density at radius 3 is 2.45 bits per heavy atom. The SMILES string of the molecule is CCCN(CCC)C(=O)/C=C(\C)c1cc2c(-c3cccc(OC)c3)coc2cc1OC. The molecule has 31 heavy (non-hydrogen) atoms. The summed E-state index contributed by atoms with van der Waals surface area (Å²) >= 11 is 0. The van der Waals surface area contributed by atoms with Gasteiger partial charge in [-0.1, -0.05) is 26.0 Å². The van der Waals surface area contributed by atoms with Gasteiger partial charge in [0.25, 0.3) is 0 Å². The van der Waals surface area contributed by atoms with Gasteiger partial charge in [-0.15, -0.1) is 0 Å². The first-order valence-electron chi connectivity index (χ1n) is 10.7. The van der Waals surface area contributed by atoms with Gasteiger partial charge in [0.1, 0.15) is 17.1 Å². The Hall–Kier alpha value is -3.21. The van der Waals surface area contributed by atoms with Gasteiger partial charge >= 0.3 is 0 Å². The number of nitrogens with zero attached hydrogens (tertiary/aromatic N) is 1. The first kappa shape index (κ1) is 22.5. The lowest BCUT2D eigenvalue weighted by Gasteiger charge is -2.20. The van der Waals surface area contributed by atoms with Crippen LogP contribution in [-0.4, -0.2) is 38.1 Å². The monoisotopic (exact) mass is 421 g/mol. The van der Waals surface area contributed by atoms with Crippen LogP contribution >= 0.6 is 0 Å². The second-order valence-electron chi connectivity index (χ2n) is 7.58. The van der Waals surface area contributed by atoms with Crippen LogP contribution in [0.5, 0.6) is 11.5 Å². The fourth-order valence-electron chi connectivity index (χ4n) is 3.77. The van der Waals surface area contributed by atoms with Crippen LogP contribution in [0.4, 0.5) is 0 Å². The highest BCUT2D eigenvalue weighted by atomic mass is 16.5. The Labute approximate surface area is 184 Å². The van der Waals surface area contributed by atoms with Crippen molar-refractivity contribution in [2.45, 2.75) is 33.6 Å². The number of rotatable bonds is 9. The van der Waals surface area contributed by atoms with Gasteiger partial charge in [0, 0.05) is 41.7 Å². The Morgan fingerprint density at radius 1 is 1.06 bits per heavy atom. The predicted octanol–water partition coefficient (Wildman–Crippen LogP) is 6.17. The largest absolute Gasteiger partial charge is 0.497 e. The van der Waals surface area contributed by atoms with Gasteiger partial charge in [0.15, 0.2) is 0 Å². The summed E-state index contributed by atoms with van der Waals surface area (Å²) in [4.78, 5) is 14.8. The molecule has 1 amide bonds. The number of hydrogen-bond donors (Lipinski definition) is 0. The van der Waals surface area contributed by atoms with Crippen molar-refractivity contribution < 1.29 is 18.7 Å². The maximum atomic E-state index is 12.9. The van der Waals surface area contributed by atoms with E-state index in [-0.39, 0.29) is 5.91 Å². The predicted molar refractivity (Wildman–Crippen MR) is 126 cm³/mol. The van der Waals surface area contributed by atoms with Gasteiger partial charge in [-0.3, -0.25) is 4.79 Å². The van der Waals surface area contributed by atoms with Gasteiger partial charge in [0.2, 0.25) is 5.91 Å². The molecule has 0 spiro atoms. The molecule has 0 N–H and O–H groups in total. The van der Waals surface area contributed by atoms with E-state index in [1.165, 1.54) is 0 Å². The van der Waals surface area contributed by atoms with Crippen molar-refractivity contribution in [1.82, 2.24) is 4.90 Å². The van der Waals surface area contributed by atoms with Crippen molar-refractivity contribution in [2.24, 2.45) is 0 Å². The van der Waals surface area contributed by atoms with E-state index in [1.807, 2.05) is 48.2 Å². The topological polar surface area (TPSA) is 51.9 Å². The minimum atomic E-state index is 0.0311. The molecule has 0 aliphatic heterocycles. The number of furan rings is 1. The van der Waals surface area contributed by atoms with Crippen LogP contribution in [0.25, 0.3) is 27.7 Å². The number of amides is 1. The summed E-state index contributed by atoms with van der Waals surface area (Å²) in [7, 11) is 3.28. The zero-order chi connectivity index (χ0) is 22.4. The Bertz CT molecular complexity index is 1070. The average molecular weight is 422 g/mol. The summed E-state index contributed by atoms with van der Waals surface area (Å²) in [6, 6.07) is 11.8. The van der Waals surface area contributed by atoms with E-state index in [0.29, 0.717) is 5.75 Å². The minimum Gasteiger partial charge on any atom is -0.497 e. The van der Waals surface area contributed by atoms with E-state index in [0.717, 1.165) is 64.9 Å². The minimum absolute atomic E-state index is 0.0311. The van der Waals surface area contributed by atoms with Gasteiger partial charge in [-0.05, 0) is 49.1 Å². The third-order valence-corrected chi connectivity index (χ3v) is 5.34. The summed E-state index contributed by atoms with van der Waals surface area (Å²) in [5, 5.41) is 0.961. The van der Waals surface area contributed by atoms with E-state index < -0.39 is 0 Å². The van der Waals surface area contributed by atoms with Crippen LogP contribution in [0.15, 0.2) is 53.2 Å². The van der Waals surface area contributed by atoms with E-state index >= 15 is 0 Å². The molecule has 0 saturated carbocycles. The summed E-state index contributed by atoms with van der Waals surface area (Å²) in [5.41, 5.74) is 4.44. The van der Waals surface area contributed by atoms with Crippen LogP contribution < -0.4 is 9.47 Å². The third kappa shape index (κ3) is 4.93. The second kappa shape index (κ2) is 10.2. The van der Waals surface area contributed by atoms with Crippen LogP contribution in [0.3, 0.4) is 0 Å². The van der Waals surface area contributed by atoms with E-state index in [4.69, 9.17) is 13.9 Å². The Morgan fingerprint density at radius 2 is 1.81 bits per heavy atom. The van der Waals surface area contributed by atoms with Crippen LogP contribution in [-0.2, 0) is 4.79 Å². The molecule has 5 nitrogen and oxygen atoms in total. The summed E-state index contributed by atoms with van der Waals surface area (Å²) in [6.07, 6.45) is 5.33. The standard InChI is InChI=1S/C26H31NO4/c1-6-11-27(12-7-2)26(28)13-18(3)21-15-22-23(17-31-25(22)16-24(21)30-5)19-9-8-10-20(14-19)29-4/h8-10,13-17H,6-7,11-12H2,1-5H3/b18-13+. The number of methoxy groups -OCH3 is 2. The first-order valence-corrected chi connectivity index (χ1v) is 10.7. The highest BCUT2D eigenvalue weighted by Gasteiger charge is 2.16. The van der Waals surface area contributed by atoms with Crippen molar-refractivity contribution in [3.63, 3.8) is 0 Å². The van der Waals surface area contributed by atoms with Gasteiger partial charge in [-0.25, -0.2) is 0 Å². The van der Waals surface area contributed by atoms with Crippen LogP contribution in [0.2, 0.25) is 0 Å². The molecule has 0 bridgehead atoms. The van der Waals surface area contributed by atoms with E-state index in [9.17, 15) is 4.79 Å². The van der Waals surface area contributed by atoms with Crippen molar-refractivity contribution >= 4 is 22.4 Å². The van der Waals surface area contributed by atoms with E-state index in [2.05, 4.69) is 13.8 Å². The zero-order valence-corrected chi connectivity index (χ0v) is 19.0. The molecular weight excluding hydrogens is 390 g/mol. The molecule has 0 fully saturated rings. The van der Waals surface area contributed by atoms with E-state index in [1.54, 1.807) is 26.6 Å². The molecule has 5 heteroatoms. The molecule has 0 aliphatic carbocycles. The fraction of sp³-hybridized carbons (Fsp3) is 0.346. The van der Waals surface area contributed by atoms with Crippen molar-refractivity contribution in [3.8, 4) is 22.6 Å². The normalized spacial score (nSPS) is 11.6. The number of benzene rings is 2. The molecule has 0 saturated heterocycles. The second-order valence-corrected chi connectivity index (χ2v) is 7.58. The molecule has 0 unspecified atom stereocenters. The summed E-state index contributed by atoms with van der Waals surface area (Å²) in [5.74, 6) is 1.50. The summed E-state index contributed by atoms with van der Waals surface area (Å²) < 4.78 is 16.8. The Kier molecular flexibility index (Phi) is 7.40. The quantitative estimate of drug-likeness (QED) is 0.388. The first-order chi connectivity index (χ1) is 15.0. The molecule has 1 aromatic heterocycles. The highest BCUT2D eigenvalue weighted by Crippen LogP contribution is 2.38. The molecule has 0 atom stereocenters. The number of carbonyl (C=O) groups is 1. The summed E-state index contributed by atoms with van der Waals surface area (Å²) in [6.45, 7) is 7.64.